The van der Waals surface area contributed by atoms with E-state index in [1.807, 2.05) is 63.5 Å². The Hall–Kier alpha value is -2.26. The second kappa shape index (κ2) is 9.70. The molecule has 0 unspecified atom stereocenters. The van der Waals surface area contributed by atoms with E-state index in [0.717, 1.165) is 32.7 Å². The summed E-state index contributed by atoms with van der Waals surface area (Å²) >= 11 is 2.92. The molecule has 4 aromatic rings. The van der Waals surface area contributed by atoms with Crippen LogP contribution in [0.1, 0.15) is 16.7 Å². The summed E-state index contributed by atoms with van der Waals surface area (Å²) in [4.78, 5) is 26.4. The highest BCUT2D eigenvalue weighted by molar-refractivity contribution is 7.23. The fraction of sp³-hybridized carbons (Fsp3) is 0.286. The number of halogens is 1. The number of carbonyl (C=O) groups is 1. The first kappa shape index (κ1) is 22.4. The van der Waals surface area contributed by atoms with E-state index in [4.69, 9.17) is 9.72 Å². The van der Waals surface area contributed by atoms with Gasteiger partial charge in [-0.05, 0) is 51.4 Å². The number of fused-ring (bicyclic) bond motifs is 2. The lowest BCUT2D eigenvalue weighted by Gasteiger charge is -2.20. The summed E-state index contributed by atoms with van der Waals surface area (Å²) in [5, 5.41) is 1.17. The maximum absolute atomic E-state index is 13.4. The third kappa shape index (κ3) is 4.73. The van der Waals surface area contributed by atoms with Gasteiger partial charge in [0.05, 0.1) is 27.0 Å². The Morgan fingerprint density at radius 3 is 2.50 bits per heavy atom. The monoisotopic (exact) mass is 462 g/mol. The van der Waals surface area contributed by atoms with Gasteiger partial charge < -0.3 is 9.64 Å². The average molecular weight is 463 g/mol. The molecule has 0 saturated carbocycles. The number of benzene rings is 2. The minimum atomic E-state index is -0.114. The number of nitrogens with zero attached hydrogens (tertiary/aromatic N) is 4. The zero-order chi connectivity index (χ0) is 20.4. The van der Waals surface area contributed by atoms with Crippen molar-refractivity contribution in [3.8, 4) is 5.75 Å². The lowest BCUT2D eigenvalue weighted by molar-refractivity contribution is 0.0985. The maximum Gasteiger partial charge on any atom is 0.289 e. The van der Waals surface area contributed by atoms with Crippen LogP contribution in [0, 0.1) is 0 Å². The molecule has 0 aliphatic carbocycles. The molecule has 2 aromatic carbocycles. The predicted octanol–water partition coefficient (Wildman–Crippen LogP) is 4.93. The van der Waals surface area contributed by atoms with Crippen molar-refractivity contribution in [2.45, 2.75) is 6.92 Å². The Morgan fingerprint density at radius 1 is 1.00 bits per heavy atom. The second-order valence-electron chi connectivity index (χ2n) is 6.81. The van der Waals surface area contributed by atoms with Crippen molar-refractivity contribution in [1.82, 2.24) is 14.9 Å². The largest absolute Gasteiger partial charge is 0.494 e. The number of aromatic nitrogens is 2. The van der Waals surface area contributed by atoms with Crippen molar-refractivity contribution in [2.24, 2.45) is 0 Å². The quantitative estimate of drug-likeness (QED) is 0.389. The van der Waals surface area contributed by atoms with Gasteiger partial charge in [-0.25, -0.2) is 9.97 Å². The average Bonchev–Trinajstić information content (AvgIpc) is 3.31. The van der Waals surface area contributed by atoms with Gasteiger partial charge in [-0.1, -0.05) is 23.5 Å². The summed E-state index contributed by atoms with van der Waals surface area (Å²) in [5.41, 5.74) is 1.71. The fourth-order valence-electron chi connectivity index (χ4n) is 2.93. The van der Waals surface area contributed by atoms with Crippen LogP contribution in [-0.4, -0.2) is 54.6 Å². The normalized spacial score (nSPS) is 11.1. The number of amides is 1. The molecule has 158 valence electrons. The number of hydrogen-bond donors (Lipinski definition) is 0. The van der Waals surface area contributed by atoms with Crippen LogP contribution in [0.2, 0.25) is 0 Å². The maximum atomic E-state index is 13.4. The van der Waals surface area contributed by atoms with Crippen LogP contribution < -0.4 is 9.64 Å². The number of carbonyl (C=O) groups excluding carboxylic acids is 1. The number of thiazole rings is 2. The van der Waals surface area contributed by atoms with Crippen LogP contribution in [0.5, 0.6) is 5.75 Å². The third-order valence-corrected chi connectivity index (χ3v) is 6.45. The third-order valence-electron chi connectivity index (χ3n) is 4.38. The molecule has 0 aliphatic rings. The highest BCUT2D eigenvalue weighted by atomic mass is 35.5. The van der Waals surface area contributed by atoms with Crippen LogP contribution in [0.25, 0.3) is 20.4 Å². The first-order valence-corrected chi connectivity index (χ1v) is 11.0. The van der Waals surface area contributed by atoms with Gasteiger partial charge in [-0.2, -0.15) is 0 Å². The summed E-state index contributed by atoms with van der Waals surface area (Å²) in [6.07, 6.45) is 0. The molecule has 9 heteroatoms. The molecule has 0 atom stereocenters. The molecule has 6 nitrogen and oxygen atoms in total. The van der Waals surface area contributed by atoms with Crippen molar-refractivity contribution < 1.29 is 9.53 Å². The fourth-order valence-corrected chi connectivity index (χ4v) is 4.86. The standard InChI is InChI=1S/C21H22N4O2S2.ClH/c1-4-27-14-9-10-16-18(13-14)29-21(23-16)25(12-11-24(2)3)20(26)19-22-15-7-5-6-8-17(15)28-19;/h5-10,13H,4,11-12H2,1-3H3;1H. The van der Waals surface area contributed by atoms with Crippen LogP contribution in [0.15, 0.2) is 42.5 Å². The second-order valence-corrected chi connectivity index (χ2v) is 8.85. The van der Waals surface area contributed by atoms with Gasteiger partial charge in [-0.15, -0.1) is 23.7 Å². The van der Waals surface area contributed by atoms with E-state index in [9.17, 15) is 4.79 Å². The number of anilines is 1. The first-order chi connectivity index (χ1) is 14.0. The molecule has 0 radical (unpaired) electrons. The van der Waals surface area contributed by atoms with Crippen molar-refractivity contribution in [3.63, 3.8) is 0 Å². The van der Waals surface area contributed by atoms with Crippen LogP contribution in [0.4, 0.5) is 5.13 Å². The van der Waals surface area contributed by atoms with E-state index >= 15 is 0 Å². The molecular weight excluding hydrogens is 440 g/mol. The Kier molecular flexibility index (Phi) is 7.25. The number of likely N-dealkylation sites (N-methyl/N-ethyl adjacent to an activating group) is 1. The Balaban J connectivity index is 0.00000256. The number of hydrogen-bond acceptors (Lipinski definition) is 7. The number of ether oxygens (including phenoxy) is 1. The van der Waals surface area contributed by atoms with Crippen LogP contribution in [-0.2, 0) is 0 Å². The first-order valence-electron chi connectivity index (χ1n) is 9.40. The molecule has 0 bridgehead atoms. The molecule has 1 amide bonds. The number of para-hydroxylation sites is 1. The van der Waals surface area contributed by atoms with Crippen molar-refractivity contribution in [1.29, 1.82) is 0 Å². The summed E-state index contributed by atoms with van der Waals surface area (Å²) in [6, 6.07) is 13.6. The zero-order valence-corrected chi connectivity index (χ0v) is 19.4. The van der Waals surface area contributed by atoms with E-state index < -0.39 is 0 Å². The SMILES string of the molecule is CCOc1ccc2nc(N(CCN(C)C)C(=O)c3nc4ccccc4s3)sc2c1.Cl. The Labute approximate surface area is 189 Å². The molecule has 2 aromatic heterocycles. The van der Waals surface area contributed by atoms with Gasteiger partial charge in [0.15, 0.2) is 10.1 Å². The molecule has 0 fully saturated rings. The number of rotatable bonds is 7. The lowest BCUT2D eigenvalue weighted by Crippen LogP contribution is -2.36. The van der Waals surface area contributed by atoms with Crippen LogP contribution in [0.3, 0.4) is 0 Å². The van der Waals surface area contributed by atoms with Gasteiger partial charge >= 0.3 is 0 Å². The van der Waals surface area contributed by atoms with Gasteiger partial charge in [0.1, 0.15) is 5.75 Å². The van der Waals surface area contributed by atoms with Crippen molar-refractivity contribution >= 4 is 66.6 Å². The van der Waals surface area contributed by atoms with E-state index in [-0.39, 0.29) is 18.3 Å². The minimum absolute atomic E-state index is 0. The predicted molar refractivity (Wildman–Crippen MR) is 128 cm³/mol. The van der Waals surface area contributed by atoms with Gasteiger partial charge in [0, 0.05) is 13.1 Å². The van der Waals surface area contributed by atoms with E-state index in [2.05, 4.69) is 9.88 Å². The Bertz CT molecular complexity index is 1130. The van der Waals surface area contributed by atoms with Gasteiger partial charge in [-0.3, -0.25) is 9.69 Å². The summed E-state index contributed by atoms with van der Waals surface area (Å²) in [6.45, 7) is 3.85. The zero-order valence-electron chi connectivity index (χ0n) is 17.0. The van der Waals surface area contributed by atoms with Crippen LogP contribution >= 0.6 is 35.1 Å². The summed E-state index contributed by atoms with van der Waals surface area (Å²) < 4.78 is 7.60. The highest BCUT2D eigenvalue weighted by Crippen LogP contribution is 2.33. The molecule has 0 saturated heterocycles. The Morgan fingerprint density at radius 2 is 1.77 bits per heavy atom. The summed E-state index contributed by atoms with van der Waals surface area (Å²) in [7, 11) is 3.99. The molecule has 30 heavy (non-hydrogen) atoms. The van der Waals surface area contributed by atoms with Gasteiger partial charge in [0.25, 0.3) is 5.91 Å². The minimum Gasteiger partial charge on any atom is -0.494 e. The molecular formula is C21H23ClN4O2S2. The molecule has 0 spiro atoms. The summed E-state index contributed by atoms with van der Waals surface area (Å²) in [5.74, 6) is 0.699. The van der Waals surface area contributed by atoms with E-state index in [1.54, 1.807) is 4.90 Å². The van der Waals surface area contributed by atoms with Gasteiger partial charge in [0.2, 0.25) is 0 Å². The highest BCUT2D eigenvalue weighted by Gasteiger charge is 2.24. The van der Waals surface area contributed by atoms with E-state index in [1.165, 1.54) is 22.7 Å². The molecule has 4 rings (SSSR count). The molecule has 0 aliphatic heterocycles. The van der Waals surface area contributed by atoms with E-state index in [0.29, 0.717) is 23.3 Å². The van der Waals surface area contributed by atoms with Crippen molar-refractivity contribution in [2.75, 3.05) is 38.7 Å². The molecule has 2 heterocycles. The topological polar surface area (TPSA) is 58.6 Å². The van der Waals surface area contributed by atoms with Crippen molar-refractivity contribution in [3.05, 3.63) is 47.5 Å². The lowest BCUT2D eigenvalue weighted by atomic mass is 10.3. The smallest absolute Gasteiger partial charge is 0.289 e. The molecule has 0 N–H and O–H groups in total.